The second kappa shape index (κ2) is 6.80. The topological polar surface area (TPSA) is 63.1 Å². The third-order valence-corrected chi connectivity index (χ3v) is 4.08. The number of hydrogen-bond acceptors (Lipinski definition) is 5. The second-order valence-corrected chi connectivity index (χ2v) is 5.95. The van der Waals surface area contributed by atoms with Crippen LogP contribution in [-0.2, 0) is 7.05 Å². The summed E-state index contributed by atoms with van der Waals surface area (Å²) in [6.07, 6.45) is 1.68. The van der Waals surface area contributed by atoms with Crippen LogP contribution in [0.4, 0.5) is 5.82 Å². The molecule has 0 bridgehead atoms. The minimum Gasteiger partial charge on any atom is -0.365 e. The molecule has 1 unspecified atom stereocenters. The van der Waals surface area contributed by atoms with Gasteiger partial charge in [-0.2, -0.15) is 5.10 Å². The van der Waals surface area contributed by atoms with Gasteiger partial charge in [-0.25, -0.2) is 4.68 Å². The van der Waals surface area contributed by atoms with Crippen LogP contribution in [0.3, 0.4) is 0 Å². The summed E-state index contributed by atoms with van der Waals surface area (Å²) in [5.74, 6) is 0.621. The number of anilines is 1. The largest absolute Gasteiger partial charge is 0.365 e. The Hall–Kier alpha value is -2.73. The van der Waals surface area contributed by atoms with Crippen LogP contribution in [0.5, 0.6) is 0 Å². The summed E-state index contributed by atoms with van der Waals surface area (Å²) in [7, 11) is 5.74. The zero-order chi connectivity index (χ0) is 17.1. The molecule has 0 aliphatic heterocycles. The van der Waals surface area contributed by atoms with Crippen molar-refractivity contribution in [2.24, 2.45) is 7.05 Å². The lowest BCUT2D eigenvalue weighted by Crippen LogP contribution is -2.28. The van der Waals surface area contributed by atoms with Crippen molar-refractivity contribution in [1.82, 2.24) is 19.7 Å². The monoisotopic (exact) mass is 323 g/mol. The van der Waals surface area contributed by atoms with Crippen molar-refractivity contribution in [3.8, 4) is 0 Å². The lowest BCUT2D eigenvalue weighted by Gasteiger charge is -2.25. The number of aromatic nitrogens is 3. The van der Waals surface area contributed by atoms with E-state index in [0.717, 1.165) is 0 Å². The SMILES string of the molecule is CN(C)C(CNc1nn(C)c(=O)c2cccnc12)c1ccccc1. The molecule has 3 rings (SSSR count). The van der Waals surface area contributed by atoms with Crippen molar-refractivity contribution in [3.05, 3.63) is 64.6 Å². The number of benzene rings is 1. The molecule has 0 saturated carbocycles. The quantitative estimate of drug-likeness (QED) is 0.778. The lowest BCUT2D eigenvalue weighted by atomic mass is 10.1. The van der Waals surface area contributed by atoms with Crippen molar-refractivity contribution < 1.29 is 0 Å². The van der Waals surface area contributed by atoms with Gasteiger partial charge in [0.15, 0.2) is 5.82 Å². The normalized spacial score (nSPS) is 12.5. The number of fused-ring (bicyclic) bond motifs is 1. The van der Waals surface area contributed by atoms with Gasteiger partial charge in [-0.15, -0.1) is 0 Å². The Morgan fingerprint density at radius 2 is 1.92 bits per heavy atom. The van der Waals surface area contributed by atoms with Crippen LogP contribution in [-0.4, -0.2) is 40.3 Å². The summed E-state index contributed by atoms with van der Waals surface area (Å²) >= 11 is 0. The van der Waals surface area contributed by atoms with E-state index in [-0.39, 0.29) is 11.6 Å². The first-order chi connectivity index (χ1) is 11.6. The van der Waals surface area contributed by atoms with Gasteiger partial charge in [0.2, 0.25) is 0 Å². The van der Waals surface area contributed by atoms with Crippen molar-refractivity contribution in [2.45, 2.75) is 6.04 Å². The summed E-state index contributed by atoms with van der Waals surface area (Å²) in [5.41, 5.74) is 1.68. The van der Waals surface area contributed by atoms with Gasteiger partial charge in [-0.1, -0.05) is 30.3 Å². The van der Waals surface area contributed by atoms with Gasteiger partial charge >= 0.3 is 0 Å². The van der Waals surface area contributed by atoms with E-state index in [1.54, 1.807) is 25.4 Å². The molecule has 1 atom stereocenters. The third-order valence-electron chi connectivity index (χ3n) is 4.08. The molecule has 0 radical (unpaired) electrons. The van der Waals surface area contributed by atoms with E-state index in [4.69, 9.17) is 0 Å². The number of pyridine rings is 1. The van der Waals surface area contributed by atoms with E-state index in [0.29, 0.717) is 23.3 Å². The standard InChI is InChI=1S/C18H21N5O/c1-22(2)15(13-8-5-4-6-9-13)12-20-17-16-14(10-7-11-19-16)18(24)23(3)21-17/h4-11,15H,12H2,1-3H3,(H,20,21). The minimum atomic E-state index is -0.143. The molecule has 0 amide bonds. The molecule has 0 fully saturated rings. The molecule has 24 heavy (non-hydrogen) atoms. The number of hydrogen-bond donors (Lipinski definition) is 1. The molecule has 1 aromatic carbocycles. The van der Waals surface area contributed by atoms with E-state index >= 15 is 0 Å². The fourth-order valence-corrected chi connectivity index (χ4v) is 2.77. The summed E-state index contributed by atoms with van der Waals surface area (Å²) in [6.45, 7) is 0.661. The fraction of sp³-hybridized carbons (Fsp3) is 0.278. The van der Waals surface area contributed by atoms with Crippen LogP contribution in [0.25, 0.3) is 10.9 Å². The van der Waals surface area contributed by atoms with Crippen LogP contribution >= 0.6 is 0 Å². The maximum absolute atomic E-state index is 12.2. The van der Waals surface area contributed by atoms with Crippen LogP contribution in [0.15, 0.2) is 53.5 Å². The van der Waals surface area contributed by atoms with Crippen molar-refractivity contribution >= 4 is 16.7 Å². The molecule has 0 saturated heterocycles. The Balaban J connectivity index is 1.92. The van der Waals surface area contributed by atoms with Crippen LogP contribution in [0.2, 0.25) is 0 Å². The first-order valence-electron chi connectivity index (χ1n) is 7.85. The summed E-state index contributed by atoms with van der Waals surface area (Å²) < 4.78 is 1.35. The average molecular weight is 323 g/mol. The minimum absolute atomic E-state index is 0.143. The van der Waals surface area contributed by atoms with Gasteiger partial charge in [-0.3, -0.25) is 9.78 Å². The van der Waals surface area contributed by atoms with Crippen molar-refractivity contribution in [1.29, 1.82) is 0 Å². The summed E-state index contributed by atoms with van der Waals surface area (Å²) in [4.78, 5) is 18.7. The molecule has 6 heteroatoms. The van der Waals surface area contributed by atoms with E-state index in [1.165, 1.54) is 10.2 Å². The molecule has 6 nitrogen and oxygen atoms in total. The molecule has 124 valence electrons. The summed E-state index contributed by atoms with van der Waals surface area (Å²) in [5, 5.41) is 8.27. The van der Waals surface area contributed by atoms with Gasteiger partial charge in [-0.05, 0) is 31.8 Å². The van der Waals surface area contributed by atoms with Crippen LogP contribution in [0.1, 0.15) is 11.6 Å². The van der Waals surface area contributed by atoms with Gasteiger partial charge in [0.25, 0.3) is 5.56 Å². The smallest absolute Gasteiger partial charge is 0.276 e. The highest BCUT2D eigenvalue weighted by Crippen LogP contribution is 2.20. The van der Waals surface area contributed by atoms with Crippen molar-refractivity contribution in [2.75, 3.05) is 26.0 Å². The number of aryl methyl sites for hydroxylation is 1. The van der Waals surface area contributed by atoms with E-state index in [2.05, 4.69) is 32.4 Å². The highest BCUT2D eigenvalue weighted by Gasteiger charge is 2.16. The molecule has 2 aromatic heterocycles. The fourth-order valence-electron chi connectivity index (χ4n) is 2.77. The Morgan fingerprint density at radius 3 is 2.62 bits per heavy atom. The first-order valence-corrected chi connectivity index (χ1v) is 7.85. The molecular weight excluding hydrogens is 302 g/mol. The van der Waals surface area contributed by atoms with E-state index in [1.807, 2.05) is 32.3 Å². The van der Waals surface area contributed by atoms with Crippen molar-refractivity contribution in [3.63, 3.8) is 0 Å². The predicted molar refractivity (Wildman–Crippen MR) is 96.1 cm³/mol. The van der Waals surface area contributed by atoms with Crippen LogP contribution < -0.4 is 10.9 Å². The second-order valence-electron chi connectivity index (χ2n) is 5.95. The molecule has 1 N–H and O–H groups in total. The molecular formula is C18H21N5O. The van der Waals surface area contributed by atoms with Gasteiger partial charge in [0, 0.05) is 19.8 Å². The summed E-state index contributed by atoms with van der Waals surface area (Å²) in [6, 6.07) is 14.0. The Kier molecular flexibility index (Phi) is 4.57. The number of nitrogens with zero attached hydrogens (tertiary/aromatic N) is 4. The highest BCUT2D eigenvalue weighted by atomic mass is 16.1. The van der Waals surface area contributed by atoms with E-state index < -0.39 is 0 Å². The lowest BCUT2D eigenvalue weighted by molar-refractivity contribution is 0.311. The Morgan fingerprint density at radius 1 is 1.17 bits per heavy atom. The zero-order valence-corrected chi connectivity index (χ0v) is 14.1. The maximum Gasteiger partial charge on any atom is 0.276 e. The Labute approximate surface area is 140 Å². The number of nitrogens with one attached hydrogen (secondary N) is 1. The molecule has 0 aliphatic carbocycles. The number of rotatable bonds is 5. The van der Waals surface area contributed by atoms with E-state index in [9.17, 15) is 4.79 Å². The molecule has 3 aromatic rings. The molecule has 0 spiro atoms. The first kappa shape index (κ1) is 16.1. The molecule has 2 heterocycles. The average Bonchev–Trinajstić information content (AvgIpc) is 2.60. The number of likely N-dealkylation sites (N-methyl/N-ethyl adjacent to an activating group) is 1. The van der Waals surface area contributed by atoms with Crippen LogP contribution in [0, 0.1) is 0 Å². The third kappa shape index (κ3) is 3.14. The predicted octanol–water partition coefficient (Wildman–Crippen LogP) is 2.04. The van der Waals surface area contributed by atoms with Gasteiger partial charge in [0.1, 0.15) is 5.52 Å². The van der Waals surface area contributed by atoms with Gasteiger partial charge < -0.3 is 10.2 Å². The zero-order valence-electron chi connectivity index (χ0n) is 14.1. The Bertz CT molecular complexity index is 889. The highest BCUT2D eigenvalue weighted by molar-refractivity contribution is 5.86. The van der Waals surface area contributed by atoms with Gasteiger partial charge in [0.05, 0.1) is 11.4 Å². The molecule has 0 aliphatic rings. The maximum atomic E-state index is 12.2.